The summed E-state index contributed by atoms with van der Waals surface area (Å²) in [5, 5.41) is 26.5. The van der Waals surface area contributed by atoms with Crippen LogP contribution in [0.1, 0.15) is 16.1 Å². The van der Waals surface area contributed by atoms with Crippen LogP contribution >= 0.6 is 0 Å². The second-order valence-electron chi connectivity index (χ2n) is 3.58. The van der Waals surface area contributed by atoms with E-state index < -0.39 is 10.9 Å². The molecule has 0 saturated heterocycles. The van der Waals surface area contributed by atoms with E-state index in [1.54, 1.807) is 13.0 Å². The van der Waals surface area contributed by atoms with E-state index in [-0.39, 0.29) is 11.4 Å². The van der Waals surface area contributed by atoms with Crippen LogP contribution in [0.3, 0.4) is 0 Å². The van der Waals surface area contributed by atoms with Crippen LogP contribution in [0.4, 0.5) is 5.69 Å². The number of non-ortho nitro benzene ring substituents is 1. The van der Waals surface area contributed by atoms with Crippen LogP contribution in [0.15, 0.2) is 24.4 Å². The van der Waals surface area contributed by atoms with Crippen molar-refractivity contribution in [3.8, 4) is 5.69 Å². The van der Waals surface area contributed by atoms with Gasteiger partial charge in [0.1, 0.15) is 0 Å². The van der Waals surface area contributed by atoms with Crippen molar-refractivity contribution in [1.82, 2.24) is 15.0 Å². The predicted molar refractivity (Wildman–Crippen MR) is 59.7 cm³/mol. The molecule has 92 valence electrons. The van der Waals surface area contributed by atoms with Crippen LogP contribution in [-0.2, 0) is 0 Å². The average molecular weight is 248 g/mol. The lowest BCUT2D eigenvalue weighted by atomic mass is 10.2. The van der Waals surface area contributed by atoms with Crippen LogP contribution in [0, 0.1) is 17.0 Å². The number of rotatable bonds is 3. The van der Waals surface area contributed by atoms with E-state index in [2.05, 4.69) is 10.3 Å². The molecule has 1 heterocycles. The molecule has 0 amide bonds. The Kier molecular flexibility index (Phi) is 2.76. The molecular weight excluding hydrogens is 240 g/mol. The minimum absolute atomic E-state index is 0.0945. The van der Waals surface area contributed by atoms with E-state index in [4.69, 9.17) is 5.11 Å². The van der Waals surface area contributed by atoms with Crippen molar-refractivity contribution in [3.63, 3.8) is 0 Å². The van der Waals surface area contributed by atoms with E-state index in [9.17, 15) is 14.9 Å². The number of nitrogens with zero attached hydrogens (tertiary/aromatic N) is 4. The minimum atomic E-state index is -1.20. The standard InChI is InChI=1S/C10H8N4O4/c1-6-2-3-7(14(17)18)4-9(6)13-5-8(10(15)16)11-12-13/h2-5H,1H3,(H,15,16). The topological polar surface area (TPSA) is 111 Å². The van der Waals surface area contributed by atoms with Gasteiger partial charge in [0.05, 0.1) is 16.8 Å². The van der Waals surface area contributed by atoms with Crippen LogP contribution in [0.25, 0.3) is 5.69 Å². The maximum absolute atomic E-state index is 10.7. The first kappa shape index (κ1) is 11.7. The van der Waals surface area contributed by atoms with Crippen molar-refractivity contribution in [1.29, 1.82) is 0 Å². The molecule has 2 rings (SSSR count). The Morgan fingerprint density at radius 3 is 2.78 bits per heavy atom. The number of hydrogen-bond donors (Lipinski definition) is 1. The van der Waals surface area contributed by atoms with Gasteiger partial charge in [-0.05, 0) is 12.5 Å². The zero-order valence-electron chi connectivity index (χ0n) is 9.27. The normalized spacial score (nSPS) is 10.3. The van der Waals surface area contributed by atoms with E-state index >= 15 is 0 Å². The Morgan fingerprint density at radius 2 is 2.22 bits per heavy atom. The van der Waals surface area contributed by atoms with Crippen molar-refractivity contribution >= 4 is 11.7 Å². The summed E-state index contributed by atoms with van der Waals surface area (Å²) in [6.45, 7) is 1.74. The first-order valence-corrected chi connectivity index (χ1v) is 4.90. The predicted octanol–water partition coefficient (Wildman–Crippen LogP) is 1.18. The summed E-state index contributed by atoms with van der Waals surface area (Å²) in [6.07, 6.45) is 1.20. The van der Waals surface area contributed by atoms with Gasteiger partial charge in [-0.1, -0.05) is 11.3 Å². The highest BCUT2D eigenvalue weighted by Gasteiger charge is 2.14. The van der Waals surface area contributed by atoms with E-state index in [0.717, 1.165) is 5.56 Å². The highest BCUT2D eigenvalue weighted by molar-refractivity contribution is 5.84. The number of aromatic nitrogens is 3. The van der Waals surface area contributed by atoms with Crippen LogP contribution in [0.2, 0.25) is 0 Å². The Balaban J connectivity index is 2.51. The monoisotopic (exact) mass is 248 g/mol. The number of benzene rings is 1. The van der Waals surface area contributed by atoms with E-state index in [1.165, 1.54) is 23.0 Å². The average Bonchev–Trinajstić information content (AvgIpc) is 2.78. The van der Waals surface area contributed by atoms with Gasteiger partial charge in [0.2, 0.25) is 0 Å². The summed E-state index contributed by atoms with van der Waals surface area (Å²) in [5.41, 5.74) is 0.829. The third-order valence-corrected chi connectivity index (χ3v) is 2.36. The number of carboxylic acid groups (broad SMARTS) is 1. The van der Waals surface area contributed by atoms with Gasteiger partial charge in [-0.25, -0.2) is 9.48 Å². The highest BCUT2D eigenvalue weighted by Crippen LogP contribution is 2.20. The third kappa shape index (κ3) is 2.03. The van der Waals surface area contributed by atoms with Crippen LogP contribution in [0.5, 0.6) is 0 Å². The molecule has 0 aliphatic rings. The lowest BCUT2D eigenvalue weighted by Crippen LogP contribution is -2.00. The van der Waals surface area contributed by atoms with Crippen molar-refractivity contribution in [2.45, 2.75) is 6.92 Å². The lowest BCUT2D eigenvalue weighted by molar-refractivity contribution is -0.384. The first-order valence-electron chi connectivity index (χ1n) is 4.90. The fourth-order valence-electron chi connectivity index (χ4n) is 1.44. The summed E-state index contributed by atoms with van der Waals surface area (Å²) in [4.78, 5) is 20.8. The summed E-state index contributed by atoms with van der Waals surface area (Å²) in [5.74, 6) is -1.20. The van der Waals surface area contributed by atoms with Crippen molar-refractivity contribution in [3.05, 3.63) is 45.8 Å². The number of carboxylic acids is 1. The van der Waals surface area contributed by atoms with Gasteiger partial charge in [-0.15, -0.1) is 5.10 Å². The molecule has 8 nitrogen and oxygen atoms in total. The number of hydrogen-bond acceptors (Lipinski definition) is 5. The van der Waals surface area contributed by atoms with Crippen molar-refractivity contribution in [2.24, 2.45) is 0 Å². The molecule has 0 bridgehead atoms. The second-order valence-corrected chi connectivity index (χ2v) is 3.58. The molecule has 2 aromatic rings. The number of aryl methyl sites for hydroxylation is 1. The molecule has 18 heavy (non-hydrogen) atoms. The smallest absolute Gasteiger partial charge is 0.358 e. The van der Waals surface area contributed by atoms with Gasteiger partial charge in [0, 0.05) is 12.1 Å². The van der Waals surface area contributed by atoms with Gasteiger partial charge < -0.3 is 5.11 Å². The van der Waals surface area contributed by atoms with Crippen molar-refractivity contribution < 1.29 is 14.8 Å². The van der Waals surface area contributed by atoms with Gasteiger partial charge in [0.25, 0.3) is 5.69 Å². The van der Waals surface area contributed by atoms with Gasteiger partial charge in [-0.2, -0.15) is 0 Å². The number of aromatic carboxylic acids is 1. The fourth-order valence-corrected chi connectivity index (χ4v) is 1.44. The molecule has 0 aliphatic carbocycles. The van der Waals surface area contributed by atoms with Gasteiger partial charge in [0.15, 0.2) is 5.69 Å². The Hall–Kier alpha value is -2.77. The zero-order chi connectivity index (χ0) is 13.3. The first-order chi connectivity index (χ1) is 8.49. The molecule has 0 unspecified atom stereocenters. The molecular formula is C10H8N4O4. The van der Waals surface area contributed by atoms with Crippen LogP contribution in [-0.4, -0.2) is 31.0 Å². The largest absolute Gasteiger partial charge is 0.476 e. The van der Waals surface area contributed by atoms with E-state index in [0.29, 0.717) is 5.69 Å². The maximum Gasteiger partial charge on any atom is 0.358 e. The molecule has 1 aromatic heterocycles. The number of nitro benzene ring substituents is 1. The second kappa shape index (κ2) is 4.24. The zero-order valence-corrected chi connectivity index (χ0v) is 9.27. The van der Waals surface area contributed by atoms with Crippen molar-refractivity contribution in [2.75, 3.05) is 0 Å². The summed E-state index contributed by atoms with van der Waals surface area (Å²) >= 11 is 0. The van der Waals surface area contributed by atoms with Gasteiger partial charge >= 0.3 is 5.97 Å². The number of carbonyl (C=O) groups is 1. The van der Waals surface area contributed by atoms with Crippen LogP contribution < -0.4 is 0 Å². The molecule has 0 fully saturated rings. The Bertz CT molecular complexity index is 635. The fraction of sp³-hybridized carbons (Fsp3) is 0.100. The minimum Gasteiger partial charge on any atom is -0.476 e. The molecule has 0 aliphatic heterocycles. The molecule has 0 atom stereocenters. The summed E-state index contributed by atoms with van der Waals surface area (Å²) in [7, 11) is 0. The highest BCUT2D eigenvalue weighted by atomic mass is 16.6. The molecule has 8 heteroatoms. The number of nitro groups is 1. The SMILES string of the molecule is Cc1ccc([N+](=O)[O-])cc1-n1cc(C(=O)O)nn1. The molecule has 1 aromatic carbocycles. The lowest BCUT2D eigenvalue weighted by Gasteiger charge is -2.03. The molecule has 1 N–H and O–H groups in total. The summed E-state index contributed by atoms with van der Waals surface area (Å²) in [6, 6.07) is 4.25. The molecule has 0 spiro atoms. The quantitative estimate of drug-likeness (QED) is 0.644. The maximum atomic E-state index is 10.7. The molecule has 0 saturated carbocycles. The Morgan fingerprint density at radius 1 is 1.50 bits per heavy atom. The Labute approximate surface area is 101 Å². The summed E-state index contributed by atoms with van der Waals surface area (Å²) < 4.78 is 1.20. The third-order valence-electron chi connectivity index (χ3n) is 2.36. The van der Waals surface area contributed by atoms with E-state index in [1.807, 2.05) is 0 Å². The van der Waals surface area contributed by atoms with Gasteiger partial charge in [-0.3, -0.25) is 10.1 Å². The molecule has 0 radical (unpaired) electrons.